The standard InChI is InChI=1S/C19H23NO4/c1-4-23-17-7-5-6-8-18(17)24-14-19(21)20(2)13-15-9-11-16(22-3)12-10-15/h5-12H,4,13-14H2,1-3H3. The van der Waals surface area contributed by atoms with Gasteiger partial charge in [-0.2, -0.15) is 0 Å². The maximum Gasteiger partial charge on any atom is 0.260 e. The molecule has 128 valence electrons. The van der Waals surface area contributed by atoms with Crippen molar-refractivity contribution in [1.29, 1.82) is 0 Å². The highest BCUT2D eigenvalue weighted by Crippen LogP contribution is 2.26. The van der Waals surface area contributed by atoms with Crippen LogP contribution in [0.4, 0.5) is 0 Å². The average molecular weight is 329 g/mol. The fourth-order valence-electron chi connectivity index (χ4n) is 2.19. The van der Waals surface area contributed by atoms with E-state index in [-0.39, 0.29) is 12.5 Å². The van der Waals surface area contributed by atoms with Crippen LogP contribution in [0, 0.1) is 0 Å². The number of likely N-dealkylation sites (N-methyl/N-ethyl adjacent to an activating group) is 1. The van der Waals surface area contributed by atoms with E-state index < -0.39 is 0 Å². The number of para-hydroxylation sites is 2. The second-order valence-corrected chi connectivity index (χ2v) is 5.27. The average Bonchev–Trinajstić information content (AvgIpc) is 2.61. The number of methoxy groups -OCH3 is 1. The Labute approximate surface area is 142 Å². The molecule has 0 radical (unpaired) electrons. The molecule has 5 nitrogen and oxygen atoms in total. The Bertz CT molecular complexity index is 655. The predicted octanol–water partition coefficient (Wildman–Crippen LogP) is 3.13. The minimum absolute atomic E-state index is 0.0310. The number of hydrogen-bond donors (Lipinski definition) is 0. The third-order valence-electron chi connectivity index (χ3n) is 3.50. The third-order valence-corrected chi connectivity index (χ3v) is 3.50. The molecule has 0 aliphatic carbocycles. The highest BCUT2D eigenvalue weighted by Gasteiger charge is 2.12. The van der Waals surface area contributed by atoms with E-state index in [1.807, 2.05) is 49.4 Å². The summed E-state index contributed by atoms with van der Waals surface area (Å²) in [6, 6.07) is 15.0. The Morgan fingerprint density at radius 1 is 1.00 bits per heavy atom. The van der Waals surface area contributed by atoms with Crippen LogP contribution in [0.15, 0.2) is 48.5 Å². The van der Waals surface area contributed by atoms with E-state index in [2.05, 4.69) is 0 Å². The monoisotopic (exact) mass is 329 g/mol. The molecular formula is C19H23NO4. The first-order valence-corrected chi connectivity index (χ1v) is 7.85. The topological polar surface area (TPSA) is 48.0 Å². The molecule has 5 heteroatoms. The van der Waals surface area contributed by atoms with Gasteiger partial charge in [0, 0.05) is 13.6 Å². The summed E-state index contributed by atoms with van der Waals surface area (Å²) in [5.41, 5.74) is 1.03. The Morgan fingerprint density at radius 2 is 1.62 bits per heavy atom. The lowest BCUT2D eigenvalue weighted by Crippen LogP contribution is -2.31. The van der Waals surface area contributed by atoms with Crippen molar-refractivity contribution in [3.63, 3.8) is 0 Å². The number of ether oxygens (including phenoxy) is 3. The summed E-state index contributed by atoms with van der Waals surface area (Å²) in [5.74, 6) is 1.91. The fourth-order valence-corrected chi connectivity index (χ4v) is 2.19. The Morgan fingerprint density at radius 3 is 2.21 bits per heavy atom. The van der Waals surface area contributed by atoms with Gasteiger partial charge in [0.25, 0.3) is 5.91 Å². The molecule has 0 unspecified atom stereocenters. The van der Waals surface area contributed by atoms with E-state index in [0.29, 0.717) is 24.7 Å². The van der Waals surface area contributed by atoms with Crippen LogP contribution < -0.4 is 14.2 Å². The van der Waals surface area contributed by atoms with Gasteiger partial charge in [-0.3, -0.25) is 4.79 Å². The molecule has 2 aromatic rings. The van der Waals surface area contributed by atoms with Crippen molar-refractivity contribution in [1.82, 2.24) is 4.90 Å². The lowest BCUT2D eigenvalue weighted by atomic mass is 10.2. The molecule has 0 fully saturated rings. The zero-order chi connectivity index (χ0) is 17.4. The van der Waals surface area contributed by atoms with Gasteiger partial charge in [0.2, 0.25) is 0 Å². The predicted molar refractivity (Wildman–Crippen MR) is 92.6 cm³/mol. The molecular weight excluding hydrogens is 306 g/mol. The van der Waals surface area contributed by atoms with Crippen LogP contribution in [-0.2, 0) is 11.3 Å². The van der Waals surface area contributed by atoms with Crippen molar-refractivity contribution in [2.75, 3.05) is 27.4 Å². The van der Waals surface area contributed by atoms with E-state index in [1.54, 1.807) is 25.1 Å². The first-order valence-electron chi connectivity index (χ1n) is 7.85. The first-order chi connectivity index (χ1) is 11.6. The zero-order valence-electron chi connectivity index (χ0n) is 14.3. The number of carbonyl (C=O) groups excluding carboxylic acids is 1. The summed E-state index contributed by atoms with van der Waals surface area (Å²) in [6.07, 6.45) is 0. The van der Waals surface area contributed by atoms with Crippen LogP contribution in [-0.4, -0.2) is 38.2 Å². The van der Waals surface area contributed by atoms with Crippen LogP contribution in [0.25, 0.3) is 0 Å². The quantitative estimate of drug-likeness (QED) is 0.746. The van der Waals surface area contributed by atoms with E-state index in [0.717, 1.165) is 11.3 Å². The van der Waals surface area contributed by atoms with Gasteiger partial charge >= 0.3 is 0 Å². The SMILES string of the molecule is CCOc1ccccc1OCC(=O)N(C)Cc1ccc(OC)cc1. The Hall–Kier alpha value is -2.69. The molecule has 1 amide bonds. The van der Waals surface area contributed by atoms with Gasteiger partial charge in [-0.1, -0.05) is 24.3 Å². The van der Waals surface area contributed by atoms with Crippen LogP contribution >= 0.6 is 0 Å². The van der Waals surface area contributed by atoms with Crippen LogP contribution in [0.5, 0.6) is 17.2 Å². The minimum Gasteiger partial charge on any atom is -0.497 e. The first kappa shape index (κ1) is 17.7. The molecule has 0 N–H and O–H groups in total. The fraction of sp³-hybridized carbons (Fsp3) is 0.316. The lowest BCUT2D eigenvalue weighted by Gasteiger charge is -2.18. The molecule has 0 heterocycles. The molecule has 0 aliphatic rings. The molecule has 24 heavy (non-hydrogen) atoms. The number of benzene rings is 2. The van der Waals surface area contributed by atoms with E-state index in [9.17, 15) is 4.79 Å². The van der Waals surface area contributed by atoms with Crippen molar-refractivity contribution in [2.45, 2.75) is 13.5 Å². The number of carbonyl (C=O) groups is 1. The van der Waals surface area contributed by atoms with Crippen molar-refractivity contribution < 1.29 is 19.0 Å². The van der Waals surface area contributed by atoms with Crippen molar-refractivity contribution in [3.05, 3.63) is 54.1 Å². The van der Waals surface area contributed by atoms with Crippen molar-refractivity contribution in [3.8, 4) is 17.2 Å². The van der Waals surface area contributed by atoms with Gasteiger partial charge in [-0.05, 0) is 36.8 Å². The van der Waals surface area contributed by atoms with Gasteiger partial charge in [0.05, 0.1) is 13.7 Å². The second-order valence-electron chi connectivity index (χ2n) is 5.27. The molecule has 0 bridgehead atoms. The highest BCUT2D eigenvalue weighted by atomic mass is 16.5. The van der Waals surface area contributed by atoms with E-state index >= 15 is 0 Å². The summed E-state index contributed by atoms with van der Waals surface area (Å²) in [5, 5.41) is 0. The molecule has 0 saturated heterocycles. The Balaban J connectivity index is 1.89. The van der Waals surface area contributed by atoms with Crippen LogP contribution in [0.2, 0.25) is 0 Å². The summed E-state index contributed by atoms with van der Waals surface area (Å²) in [7, 11) is 3.38. The largest absolute Gasteiger partial charge is 0.497 e. The third kappa shape index (κ3) is 4.91. The van der Waals surface area contributed by atoms with Gasteiger partial charge < -0.3 is 19.1 Å². The smallest absolute Gasteiger partial charge is 0.260 e. The summed E-state index contributed by atoms with van der Waals surface area (Å²) in [6.45, 7) is 2.94. The molecule has 2 aromatic carbocycles. The van der Waals surface area contributed by atoms with E-state index in [1.165, 1.54) is 0 Å². The van der Waals surface area contributed by atoms with Crippen LogP contribution in [0.1, 0.15) is 12.5 Å². The molecule has 2 rings (SSSR count). The summed E-state index contributed by atoms with van der Waals surface area (Å²) < 4.78 is 16.2. The summed E-state index contributed by atoms with van der Waals surface area (Å²) in [4.78, 5) is 13.9. The van der Waals surface area contributed by atoms with Gasteiger partial charge in [-0.25, -0.2) is 0 Å². The normalized spacial score (nSPS) is 10.1. The lowest BCUT2D eigenvalue weighted by molar-refractivity contribution is -0.132. The van der Waals surface area contributed by atoms with Crippen molar-refractivity contribution in [2.24, 2.45) is 0 Å². The summed E-state index contributed by atoms with van der Waals surface area (Å²) >= 11 is 0. The highest BCUT2D eigenvalue weighted by molar-refractivity contribution is 5.77. The van der Waals surface area contributed by atoms with Crippen molar-refractivity contribution >= 4 is 5.91 Å². The second kappa shape index (κ2) is 8.82. The molecule has 0 atom stereocenters. The minimum atomic E-state index is -0.0999. The zero-order valence-corrected chi connectivity index (χ0v) is 14.3. The molecule has 0 spiro atoms. The molecule has 0 aromatic heterocycles. The van der Waals surface area contributed by atoms with E-state index in [4.69, 9.17) is 14.2 Å². The number of nitrogens with zero attached hydrogens (tertiary/aromatic N) is 1. The number of amides is 1. The molecule has 0 saturated carbocycles. The van der Waals surface area contributed by atoms with Gasteiger partial charge in [-0.15, -0.1) is 0 Å². The maximum atomic E-state index is 12.2. The molecule has 0 aliphatic heterocycles. The number of hydrogen-bond acceptors (Lipinski definition) is 4. The number of rotatable bonds is 8. The van der Waals surface area contributed by atoms with Gasteiger partial charge in [0.15, 0.2) is 18.1 Å². The van der Waals surface area contributed by atoms with Crippen LogP contribution in [0.3, 0.4) is 0 Å². The van der Waals surface area contributed by atoms with Gasteiger partial charge in [0.1, 0.15) is 5.75 Å². The maximum absolute atomic E-state index is 12.2. The Kier molecular flexibility index (Phi) is 6.49.